The summed E-state index contributed by atoms with van der Waals surface area (Å²) in [5.74, 6) is 0.914. The smallest absolute Gasteiger partial charge is 0.0961 e. The summed E-state index contributed by atoms with van der Waals surface area (Å²) < 4.78 is 0. The fraction of sp³-hybridized carbons (Fsp3) is 0.810. The summed E-state index contributed by atoms with van der Waals surface area (Å²) >= 11 is 0. The van der Waals surface area contributed by atoms with Gasteiger partial charge < -0.3 is 15.3 Å². The number of allylic oxidation sites excluding steroid dienone is 3. The molecule has 24 heavy (non-hydrogen) atoms. The molecule has 3 fully saturated rings. The van der Waals surface area contributed by atoms with E-state index in [-0.39, 0.29) is 16.9 Å². The first-order valence-electron chi connectivity index (χ1n) is 9.72. The van der Waals surface area contributed by atoms with Gasteiger partial charge in [-0.25, -0.2) is 0 Å². The molecule has 0 heterocycles. The van der Waals surface area contributed by atoms with Crippen LogP contribution >= 0.6 is 0 Å². The minimum Gasteiger partial charge on any atom is -0.393 e. The Morgan fingerprint density at radius 3 is 2.46 bits per heavy atom. The first kappa shape index (κ1) is 16.8. The molecule has 3 nitrogen and oxygen atoms in total. The van der Waals surface area contributed by atoms with Crippen molar-refractivity contribution < 1.29 is 15.3 Å². The number of aliphatic hydroxyl groups is 3. The maximum absolute atomic E-state index is 11.2. The van der Waals surface area contributed by atoms with Crippen LogP contribution in [0, 0.1) is 22.7 Å². The zero-order valence-corrected chi connectivity index (χ0v) is 15.3. The maximum atomic E-state index is 11.2. The third kappa shape index (κ3) is 1.95. The number of hydrogen-bond donors (Lipinski definition) is 3. The van der Waals surface area contributed by atoms with Crippen molar-refractivity contribution in [1.82, 2.24) is 0 Å². The molecule has 3 N–H and O–H groups in total. The van der Waals surface area contributed by atoms with Gasteiger partial charge in [0.2, 0.25) is 0 Å². The SMILES string of the molecule is CC(O)[C@@]1(O)CC[C@H]2C3=CC=C4CC(O)CC[C@]4(C)[C@H]3CC[C@@]21C. The Kier molecular flexibility index (Phi) is 3.63. The Morgan fingerprint density at radius 2 is 1.75 bits per heavy atom. The number of aliphatic hydroxyl groups excluding tert-OH is 2. The van der Waals surface area contributed by atoms with E-state index in [4.69, 9.17) is 0 Å². The monoisotopic (exact) mass is 332 g/mol. The number of hydrogen-bond acceptors (Lipinski definition) is 3. The molecule has 7 atom stereocenters. The molecule has 3 saturated carbocycles. The molecular weight excluding hydrogens is 300 g/mol. The second kappa shape index (κ2) is 5.18. The summed E-state index contributed by atoms with van der Waals surface area (Å²) in [5, 5.41) is 31.5. The van der Waals surface area contributed by atoms with E-state index >= 15 is 0 Å². The fourth-order valence-corrected chi connectivity index (χ4v) is 6.72. The van der Waals surface area contributed by atoms with Gasteiger partial charge >= 0.3 is 0 Å². The lowest BCUT2D eigenvalue weighted by Crippen LogP contribution is -2.56. The Balaban J connectivity index is 1.74. The second-order valence-electron chi connectivity index (χ2n) is 9.37. The van der Waals surface area contributed by atoms with Crippen LogP contribution in [-0.4, -0.2) is 33.1 Å². The summed E-state index contributed by atoms with van der Waals surface area (Å²) in [7, 11) is 0. The largest absolute Gasteiger partial charge is 0.393 e. The Hall–Kier alpha value is -0.640. The molecule has 0 aliphatic heterocycles. The first-order valence-corrected chi connectivity index (χ1v) is 9.72. The molecule has 0 aromatic rings. The van der Waals surface area contributed by atoms with Crippen LogP contribution in [0.4, 0.5) is 0 Å². The van der Waals surface area contributed by atoms with Gasteiger partial charge in [-0.15, -0.1) is 0 Å². The normalized spacial score (nSPS) is 51.8. The van der Waals surface area contributed by atoms with Crippen LogP contribution in [0.15, 0.2) is 23.3 Å². The lowest BCUT2D eigenvalue weighted by Gasteiger charge is -2.56. The molecule has 0 aromatic carbocycles. The summed E-state index contributed by atoms with van der Waals surface area (Å²) in [6, 6.07) is 0. The van der Waals surface area contributed by atoms with Gasteiger partial charge in [0.1, 0.15) is 0 Å². The van der Waals surface area contributed by atoms with E-state index in [9.17, 15) is 15.3 Å². The molecule has 4 aliphatic rings. The highest BCUT2D eigenvalue weighted by Crippen LogP contribution is 2.66. The predicted octanol–water partition coefficient (Wildman–Crippen LogP) is 3.34. The lowest BCUT2D eigenvalue weighted by atomic mass is 9.49. The molecule has 0 aromatic heterocycles. The minimum atomic E-state index is -0.961. The molecule has 134 valence electrons. The highest BCUT2D eigenvalue weighted by atomic mass is 16.3. The topological polar surface area (TPSA) is 60.7 Å². The standard InChI is InChI=1S/C21H32O3/c1-13(22)21(24)11-8-18-16-5-4-14-12-15(23)6-9-19(14,2)17(16)7-10-20(18,21)3/h4-5,13,15,17-18,22-24H,6-12H2,1-3H3/t13?,15?,17-,18-,19-,20-,21-/m0/s1. The van der Waals surface area contributed by atoms with Gasteiger partial charge in [0.05, 0.1) is 17.8 Å². The third-order valence-electron chi connectivity index (χ3n) is 8.45. The van der Waals surface area contributed by atoms with E-state index in [1.807, 2.05) is 0 Å². The van der Waals surface area contributed by atoms with Crippen molar-refractivity contribution in [2.24, 2.45) is 22.7 Å². The van der Waals surface area contributed by atoms with Crippen LogP contribution < -0.4 is 0 Å². The van der Waals surface area contributed by atoms with E-state index in [0.29, 0.717) is 18.3 Å². The van der Waals surface area contributed by atoms with Crippen LogP contribution in [0.25, 0.3) is 0 Å². The van der Waals surface area contributed by atoms with Gasteiger partial charge in [-0.3, -0.25) is 0 Å². The first-order chi connectivity index (χ1) is 11.2. The van der Waals surface area contributed by atoms with E-state index in [0.717, 1.165) is 38.5 Å². The highest BCUT2D eigenvalue weighted by molar-refractivity contribution is 5.39. The fourth-order valence-electron chi connectivity index (χ4n) is 6.72. The molecular formula is C21H32O3. The van der Waals surface area contributed by atoms with Gasteiger partial charge in [-0.2, -0.15) is 0 Å². The van der Waals surface area contributed by atoms with Crippen molar-refractivity contribution in [3.05, 3.63) is 23.3 Å². The predicted molar refractivity (Wildman–Crippen MR) is 94.3 cm³/mol. The van der Waals surface area contributed by atoms with Crippen LogP contribution in [0.2, 0.25) is 0 Å². The van der Waals surface area contributed by atoms with Gasteiger partial charge in [0, 0.05) is 5.41 Å². The molecule has 3 heteroatoms. The van der Waals surface area contributed by atoms with Crippen molar-refractivity contribution in [2.45, 2.75) is 83.5 Å². The second-order valence-corrected chi connectivity index (χ2v) is 9.37. The third-order valence-corrected chi connectivity index (χ3v) is 8.45. The molecule has 0 radical (unpaired) electrons. The van der Waals surface area contributed by atoms with Crippen LogP contribution in [0.3, 0.4) is 0 Å². The molecule has 4 rings (SSSR count). The molecule has 0 saturated heterocycles. The zero-order valence-electron chi connectivity index (χ0n) is 15.3. The van der Waals surface area contributed by atoms with Crippen LogP contribution in [0.1, 0.15) is 65.7 Å². The summed E-state index contributed by atoms with van der Waals surface area (Å²) in [6.45, 7) is 6.33. The van der Waals surface area contributed by atoms with Crippen molar-refractivity contribution in [1.29, 1.82) is 0 Å². The average molecular weight is 332 g/mol. The summed E-state index contributed by atoms with van der Waals surface area (Å²) in [5.41, 5.74) is 1.91. The van der Waals surface area contributed by atoms with E-state index in [2.05, 4.69) is 26.0 Å². The Morgan fingerprint density at radius 1 is 1.04 bits per heavy atom. The van der Waals surface area contributed by atoms with E-state index < -0.39 is 11.7 Å². The van der Waals surface area contributed by atoms with Gasteiger partial charge in [-0.1, -0.05) is 37.1 Å². The molecule has 0 amide bonds. The zero-order chi connectivity index (χ0) is 17.3. The number of rotatable bonds is 1. The minimum absolute atomic E-state index is 0.177. The van der Waals surface area contributed by atoms with Gasteiger partial charge in [0.25, 0.3) is 0 Å². The van der Waals surface area contributed by atoms with Gasteiger partial charge in [-0.05, 0) is 69.1 Å². The molecule has 4 aliphatic carbocycles. The highest BCUT2D eigenvalue weighted by Gasteiger charge is 2.63. The van der Waals surface area contributed by atoms with Crippen molar-refractivity contribution in [3.8, 4) is 0 Å². The average Bonchev–Trinajstić information content (AvgIpc) is 2.81. The lowest BCUT2D eigenvalue weighted by molar-refractivity contribution is -0.148. The Labute approximate surface area is 145 Å². The quantitative estimate of drug-likeness (QED) is 0.690. The molecule has 0 spiro atoms. The molecule has 0 bridgehead atoms. The van der Waals surface area contributed by atoms with Crippen molar-refractivity contribution in [2.75, 3.05) is 0 Å². The van der Waals surface area contributed by atoms with Crippen LogP contribution in [0.5, 0.6) is 0 Å². The van der Waals surface area contributed by atoms with Crippen molar-refractivity contribution in [3.63, 3.8) is 0 Å². The maximum Gasteiger partial charge on any atom is 0.0961 e. The number of fused-ring (bicyclic) bond motifs is 5. The van der Waals surface area contributed by atoms with Crippen molar-refractivity contribution >= 4 is 0 Å². The summed E-state index contributed by atoms with van der Waals surface area (Å²) in [4.78, 5) is 0. The van der Waals surface area contributed by atoms with E-state index in [1.165, 1.54) is 11.1 Å². The Bertz CT molecular complexity index is 606. The van der Waals surface area contributed by atoms with Crippen LogP contribution in [-0.2, 0) is 0 Å². The summed E-state index contributed by atoms with van der Waals surface area (Å²) in [6.07, 6.45) is 10.2. The van der Waals surface area contributed by atoms with Gasteiger partial charge in [0.15, 0.2) is 0 Å². The van der Waals surface area contributed by atoms with E-state index in [1.54, 1.807) is 6.92 Å². The molecule has 2 unspecified atom stereocenters.